The average Bonchev–Trinajstić information content (AvgIpc) is 3.13. The summed E-state index contributed by atoms with van der Waals surface area (Å²) < 4.78 is 7.27. The maximum absolute atomic E-state index is 10.7. The second-order valence-electron chi connectivity index (χ2n) is 4.65. The van der Waals surface area contributed by atoms with E-state index in [4.69, 9.17) is 4.42 Å². The maximum atomic E-state index is 10.7. The minimum Gasteiger partial charge on any atom is -0.469 e. The lowest BCUT2D eigenvalue weighted by Crippen LogP contribution is -2.00. The van der Waals surface area contributed by atoms with Gasteiger partial charge in [-0.25, -0.2) is 4.98 Å². The van der Waals surface area contributed by atoms with E-state index < -0.39 is 4.92 Å². The van der Waals surface area contributed by atoms with Gasteiger partial charge in [0.05, 0.1) is 16.7 Å². The highest BCUT2D eigenvalue weighted by Crippen LogP contribution is 2.30. The van der Waals surface area contributed by atoms with Crippen LogP contribution in [0.1, 0.15) is 12.7 Å². The molecule has 9 heteroatoms. The predicted octanol–water partition coefficient (Wildman–Crippen LogP) is 3.32. The van der Waals surface area contributed by atoms with E-state index in [1.54, 1.807) is 12.3 Å². The Morgan fingerprint density at radius 1 is 1.35 bits per heavy atom. The lowest BCUT2D eigenvalue weighted by molar-refractivity contribution is -0.385. The molecule has 118 valence electrons. The number of aryl methyl sites for hydroxylation is 1. The smallest absolute Gasteiger partial charge is 0.287 e. The normalized spacial score (nSPS) is 10.9. The number of nitrogens with zero attached hydrogens (tertiary/aromatic N) is 5. The molecule has 0 bridgehead atoms. The highest BCUT2D eigenvalue weighted by atomic mass is 32.2. The van der Waals surface area contributed by atoms with Crippen molar-refractivity contribution in [1.82, 2.24) is 19.7 Å². The van der Waals surface area contributed by atoms with Crippen LogP contribution in [0.15, 0.2) is 45.3 Å². The molecule has 0 amide bonds. The SMILES string of the molecule is CCn1c(Sc2ccc([N+](=O)[O-])cn2)nnc1-c1ccoc1C. The molecular formula is C14H13N5O3S. The lowest BCUT2D eigenvalue weighted by atomic mass is 10.2. The zero-order valence-corrected chi connectivity index (χ0v) is 13.3. The highest BCUT2D eigenvalue weighted by Gasteiger charge is 2.17. The summed E-state index contributed by atoms with van der Waals surface area (Å²) in [6, 6.07) is 4.87. The minimum absolute atomic E-state index is 0.0407. The molecule has 0 saturated heterocycles. The van der Waals surface area contributed by atoms with Crippen molar-refractivity contribution >= 4 is 17.4 Å². The molecule has 3 aromatic rings. The number of rotatable bonds is 5. The summed E-state index contributed by atoms with van der Waals surface area (Å²) in [4.78, 5) is 14.3. The Balaban J connectivity index is 1.90. The van der Waals surface area contributed by atoms with Crippen molar-refractivity contribution in [2.45, 2.75) is 30.6 Å². The maximum Gasteiger partial charge on any atom is 0.287 e. The van der Waals surface area contributed by atoms with Crippen LogP contribution >= 0.6 is 11.8 Å². The molecule has 0 aliphatic heterocycles. The van der Waals surface area contributed by atoms with Gasteiger partial charge < -0.3 is 8.98 Å². The van der Waals surface area contributed by atoms with Crippen molar-refractivity contribution in [3.05, 3.63) is 46.5 Å². The van der Waals surface area contributed by atoms with E-state index in [1.807, 2.05) is 24.5 Å². The molecular weight excluding hydrogens is 318 g/mol. The van der Waals surface area contributed by atoms with Crippen LogP contribution in [0.25, 0.3) is 11.4 Å². The standard InChI is InChI=1S/C14H13N5O3S/c1-3-18-13(11-6-7-22-9(11)2)16-17-14(18)23-12-5-4-10(8-15-12)19(20)21/h4-8H,3H2,1-2H3. The minimum atomic E-state index is -0.476. The summed E-state index contributed by atoms with van der Waals surface area (Å²) in [5, 5.41) is 20.4. The van der Waals surface area contributed by atoms with Crippen LogP contribution in [0.3, 0.4) is 0 Å². The summed E-state index contributed by atoms with van der Waals surface area (Å²) in [7, 11) is 0. The fraction of sp³-hybridized carbons (Fsp3) is 0.214. The van der Waals surface area contributed by atoms with Gasteiger partial charge in [0.25, 0.3) is 5.69 Å². The van der Waals surface area contributed by atoms with Crippen molar-refractivity contribution in [2.75, 3.05) is 0 Å². The summed E-state index contributed by atoms with van der Waals surface area (Å²) in [6.45, 7) is 4.55. The van der Waals surface area contributed by atoms with Crippen molar-refractivity contribution < 1.29 is 9.34 Å². The number of pyridine rings is 1. The Labute approximate surface area is 135 Å². The van der Waals surface area contributed by atoms with Crippen LogP contribution in [-0.4, -0.2) is 24.7 Å². The molecule has 0 radical (unpaired) electrons. The third-order valence-corrected chi connectivity index (χ3v) is 4.20. The fourth-order valence-electron chi connectivity index (χ4n) is 2.10. The van der Waals surface area contributed by atoms with Crippen molar-refractivity contribution in [2.24, 2.45) is 0 Å². The van der Waals surface area contributed by atoms with E-state index in [0.29, 0.717) is 16.7 Å². The molecule has 0 saturated carbocycles. The van der Waals surface area contributed by atoms with E-state index in [0.717, 1.165) is 17.1 Å². The monoisotopic (exact) mass is 331 g/mol. The van der Waals surface area contributed by atoms with E-state index in [9.17, 15) is 10.1 Å². The van der Waals surface area contributed by atoms with E-state index in [2.05, 4.69) is 15.2 Å². The molecule has 3 heterocycles. The zero-order valence-electron chi connectivity index (χ0n) is 12.5. The van der Waals surface area contributed by atoms with Gasteiger partial charge in [-0.15, -0.1) is 10.2 Å². The molecule has 0 spiro atoms. The van der Waals surface area contributed by atoms with Gasteiger partial charge in [-0.3, -0.25) is 10.1 Å². The first-order chi connectivity index (χ1) is 11.1. The highest BCUT2D eigenvalue weighted by molar-refractivity contribution is 7.99. The quantitative estimate of drug-likeness (QED) is 0.522. The lowest BCUT2D eigenvalue weighted by Gasteiger charge is -2.06. The van der Waals surface area contributed by atoms with E-state index >= 15 is 0 Å². The first-order valence-corrected chi connectivity index (χ1v) is 7.67. The van der Waals surface area contributed by atoms with Crippen LogP contribution in [0.5, 0.6) is 0 Å². The Bertz CT molecular complexity index is 840. The van der Waals surface area contributed by atoms with Crippen LogP contribution in [0.2, 0.25) is 0 Å². The summed E-state index contributed by atoms with van der Waals surface area (Å²) in [5.41, 5.74) is 0.851. The Morgan fingerprint density at radius 2 is 2.17 bits per heavy atom. The van der Waals surface area contributed by atoms with Gasteiger partial charge in [-0.05, 0) is 37.7 Å². The van der Waals surface area contributed by atoms with Gasteiger partial charge in [0.1, 0.15) is 17.0 Å². The number of aromatic nitrogens is 4. The molecule has 3 aromatic heterocycles. The third-order valence-electron chi connectivity index (χ3n) is 3.26. The van der Waals surface area contributed by atoms with Gasteiger partial charge >= 0.3 is 0 Å². The molecule has 0 aliphatic rings. The summed E-state index contributed by atoms with van der Waals surface area (Å²) in [5.74, 6) is 1.50. The molecule has 0 fully saturated rings. The topological polar surface area (TPSA) is 99.9 Å². The van der Waals surface area contributed by atoms with Gasteiger partial charge in [0.2, 0.25) is 0 Å². The van der Waals surface area contributed by atoms with Gasteiger partial charge in [-0.2, -0.15) is 0 Å². The first kappa shape index (κ1) is 15.2. The van der Waals surface area contributed by atoms with Crippen LogP contribution < -0.4 is 0 Å². The number of nitro groups is 1. The van der Waals surface area contributed by atoms with Crippen molar-refractivity contribution in [1.29, 1.82) is 0 Å². The van der Waals surface area contributed by atoms with E-state index in [-0.39, 0.29) is 5.69 Å². The van der Waals surface area contributed by atoms with Crippen molar-refractivity contribution in [3.8, 4) is 11.4 Å². The van der Waals surface area contributed by atoms with Gasteiger partial charge in [0, 0.05) is 12.6 Å². The summed E-state index contributed by atoms with van der Waals surface area (Å²) >= 11 is 1.31. The summed E-state index contributed by atoms with van der Waals surface area (Å²) in [6.07, 6.45) is 2.85. The number of hydrogen-bond acceptors (Lipinski definition) is 7. The molecule has 3 rings (SSSR count). The molecule has 0 aromatic carbocycles. The molecule has 0 aliphatic carbocycles. The van der Waals surface area contributed by atoms with Gasteiger partial charge in [0.15, 0.2) is 11.0 Å². The van der Waals surface area contributed by atoms with Crippen LogP contribution in [0, 0.1) is 17.0 Å². The van der Waals surface area contributed by atoms with Crippen LogP contribution in [-0.2, 0) is 6.54 Å². The third kappa shape index (κ3) is 2.95. The molecule has 8 nitrogen and oxygen atoms in total. The first-order valence-electron chi connectivity index (χ1n) is 6.86. The number of hydrogen-bond donors (Lipinski definition) is 0. The Hall–Kier alpha value is -2.68. The Kier molecular flexibility index (Phi) is 4.11. The van der Waals surface area contributed by atoms with Crippen LogP contribution in [0.4, 0.5) is 5.69 Å². The largest absolute Gasteiger partial charge is 0.469 e. The predicted molar refractivity (Wildman–Crippen MR) is 83.1 cm³/mol. The zero-order chi connectivity index (χ0) is 16.4. The van der Waals surface area contributed by atoms with E-state index in [1.165, 1.54) is 24.0 Å². The average molecular weight is 331 g/mol. The molecule has 0 unspecified atom stereocenters. The van der Waals surface area contributed by atoms with Gasteiger partial charge in [-0.1, -0.05) is 0 Å². The molecule has 23 heavy (non-hydrogen) atoms. The second kappa shape index (κ2) is 6.21. The molecule has 0 atom stereocenters. The second-order valence-corrected chi connectivity index (χ2v) is 5.64. The molecule has 0 N–H and O–H groups in total. The number of furan rings is 1. The Morgan fingerprint density at radius 3 is 2.74 bits per heavy atom. The van der Waals surface area contributed by atoms with Crippen molar-refractivity contribution in [3.63, 3.8) is 0 Å². The fourth-order valence-corrected chi connectivity index (χ4v) is 2.94.